The molecule has 0 spiro atoms. The maximum absolute atomic E-state index is 11.3. The minimum Gasteiger partial charge on any atom is -0.444 e. The highest BCUT2D eigenvalue weighted by molar-refractivity contribution is 7.16. The van der Waals surface area contributed by atoms with Gasteiger partial charge in [-0.2, -0.15) is 0 Å². The van der Waals surface area contributed by atoms with Crippen molar-refractivity contribution >= 4 is 29.0 Å². The molecular weight excluding hydrogens is 262 g/mol. The van der Waals surface area contributed by atoms with Crippen molar-refractivity contribution in [3.05, 3.63) is 21.3 Å². The second kappa shape index (κ2) is 5.71. The predicted octanol–water partition coefficient (Wildman–Crippen LogP) is 2.96. The number of carbonyl (C=O) groups is 1. The van der Waals surface area contributed by atoms with Crippen molar-refractivity contribution in [3.8, 4) is 0 Å². The van der Waals surface area contributed by atoms with Gasteiger partial charge in [0.15, 0.2) is 0 Å². The molecule has 17 heavy (non-hydrogen) atoms. The molecule has 0 aliphatic rings. The van der Waals surface area contributed by atoms with Gasteiger partial charge in [0.05, 0.1) is 10.9 Å². The van der Waals surface area contributed by atoms with Crippen molar-refractivity contribution in [2.45, 2.75) is 32.5 Å². The van der Waals surface area contributed by atoms with E-state index >= 15 is 0 Å². The Morgan fingerprint density at radius 3 is 2.71 bits per heavy atom. The highest BCUT2D eigenvalue weighted by atomic mass is 35.5. The first-order valence-electron chi connectivity index (χ1n) is 5.18. The molecule has 0 radical (unpaired) electrons. The summed E-state index contributed by atoms with van der Waals surface area (Å²) in [5.41, 5.74) is -0.540. The lowest BCUT2D eigenvalue weighted by Gasteiger charge is -2.20. The minimum absolute atomic E-state index is 0.103. The molecule has 0 aliphatic heterocycles. The van der Waals surface area contributed by atoms with Crippen molar-refractivity contribution in [1.29, 1.82) is 0 Å². The molecule has 0 saturated heterocycles. The first-order chi connectivity index (χ1) is 7.78. The second-order valence-electron chi connectivity index (χ2n) is 4.54. The van der Waals surface area contributed by atoms with E-state index in [1.807, 2.05) is 0 Å². The molecule has 1 aromatic heterocycles. The minimum atomic E-state index is -0.764. The number of aliphatic hydroxyl groups is 1. The molecule has 1 rings (SSSR count). The van der Waals surface area contributed by atoms with Gasteiger partial charge >= 0.3 is 6.09 Å². The van der Waals surface area contributed by atoms with Crippen LogP contribution in [0.4, 0.5) is 4.79 Å². The Hall–Kier alpha value is -0.780. The molecule has 4 nitrogen and oxygen atoms in total. The zero-order chi connectivity index (χ0) is 13.1. The lowest BCUT2D eigenvalue weighted by Crippen LogP contribution is -2.34. The summed E-state index contributed by atoms with van der Waals surface area (Å²) in [6.45, 7) is 5.44. The van der Waals surface area contributed by atoms with Crippen LogP contribution in [0, 0.1) is 0 Å². The Labute approximate surface area is 110 Å². The van der Waals surface area contributed by atoms with Gasteiger partial charge < -0.3 is 15.2 Å². The quantitative estimate of drug-likeness (QED) is 0.893. The van der Waals surface area contributed by atoms with E-state index in [1.54, 1.807) is 32.9 Å². The average Bonchev–Trinajstić information content (AvgIpc) is 2.58. The Balaban J connectivity index is 2.38. The number of halogens is 1. The number of hydrogen-bond acceptors (Lipinski definition) is 4. The molecule has 96 valence electrons. The van der Waals surface area contributed by atoms with Crippen LogP contribution in [0.2, 0.25) is 4.34 Å². The van der Waals surface area contributed by atoms with Crippen LogP contribution in [-0.2, 0) is 4.74 Å². The summed E-state index contributed by atoms with van der Waals surface area (Å²) in [5, 5.41) is 12.3. The van der Waals surface area contributed by atoms with Crippen LogP contribution < -0.4 is 5.32 Å². The third-order valence-electron chi connectivity index (χ3n) is 1.76. The van der Waals surface area contributed by atoms with Crippen LogP contribution in [0.25, 0.3) is 0 Å². The molecule has 1 aromatic rings. The molecule has 0 fully saturated rings. The van der Waals surface area contributed by atoms with Crippen LogP contribution in [0.15, 0.2) is 12.1 Å². The fourth-order valence-electron chi connectivity index (χ4n) is 1.10. The van der Waals surface area contributed by atoms with E-state index in [4.69, 9.17) is 16.3 Å². The summed E-state index contributed by atoms with van der Waals surface area (Å²) in [4.78, 5) is 12.0. The number of ether oxygens (including phenoxy) is 1. The van der Waals surface area contributed by atoms with Gasteiger partial charge in [-0.15, -0.1) is 11.3 Å². The summed E-state index contributed by atoms with van der Waals surface area (Å²) < 4.78 is 5.65. The SMILES string of the molecule is CC(C)(C)OC(=O)NCC(O)c1ccc(Cl)s1. The van der Waals surface area contributed by atoms with Gasteiger partial charge in [0.1, 0.15) is 11.7 Å². The Kier molecular flexibility index (Phi) is 4.80. The van der Waals surface area contributed by atoms with Gasteiger partial charge in [0.2, 0.25) is 0 Å². The number of amides is 1. The summed E-state index contributed by atoms with van der Waals surface area (Å²) in [7, 11) is 0. The number of nitrogens with one attached hydrogen (secondary N) is 1. The number of thiophene rings is 1. The molecule has 0 aliphatic carbocycles. The highest BCUT2D eigenvalue weighted by Gasteiger charge is 2.17. The summed E-state index contributed by atoms with van der Waals surface area (Å²) >= 11 is 7.03. The van der Waals surface area contributed by atoms with E-state index in [0.29, 0.717) is 9.21 Å². The first kappa shape index (κ1) is 14.3. The van der Waals surface area contributed by atoms with Gasteiger partial charge in [-0.3, -0.25) is 0 Å². The smallest absolute Gasteiger partial charge is 0.407 e. The largest absolute Gasteiger partial charge is 0.444 e. The van der Waals surface area contributed by atoms with Crippen molar-refractivity contribution in [2.75, 3.05) is 6.54 Å². The molecule has 1 amide bonds. The molecular formula is C11H16ClNO3S. The van der Waals surface area contributed by atoms with Crippen LogP contribution in [0.3, 0.4) is 0 Å². The zero-order valence-corrected chi connectivity index (χ0v) is 11.6. The predicted molar refractivity (Wildman–Crippen MR) is 68.5 cm³/mol. The molecule has 1 unspecified atom stereocenters. The van der Waals surface area contributed by atoms with E-state index < -0.39 is 17.8 Å². The molecule has 1 atom stereocenters. The van der Waals surface area contributed by atoms with Crippen molar-refractivity contribution < 1.29 is 14.6 Å². The average molecular weight is 278 g/mol. The lowest BCUT2D eigenvalue weighted by atomic mass is 10.2. The zero-order valence-electron chi connectivity index (χ0n) is 9.99. The van der Waals surface area contributed by atoms with Crippen LogP contribution in [-0.4, -0.2) is 23.3 Å². The van der Waals surface area contributed by atoms with E-state index in [-0.39, 0.29) is 6.54 Å². The third-order valence-corrected chi connectivity index (χ3v) is 3.09. The van der Waals surface area contributed by atoms with Gasteiger partial charge in [0.25, 0.3) is 0 Å². The molecule has 0 aromatic carbocycles. The van der Waals surface area contributed by atoms with Gasteiger partial charge in [-0.05, 0) is 32.9 Å². The number of carbonyl (C=O) groups excluding carboxylic acids is 1. The fourth-order valence-corrected chi connectivity index (χ4v) is 2.15. The normalized spacial score (nSPS) is 13.2. The molecule has 6 heteroatoms. The summed E-state index contributed by atoms with van der Waals surface area (Å²) in [6, 6.07) is 3.44. The summed E-state index contributed by atoms with van der Waals surface area (Å²) in [6.07, 6.45) is -1.31. The second-order valence-corrected chi connectivity index (χ2v) is 6.29. The van der Waals surface area contributed by atoms with Crippen molar-refractivity contribution in [2.24, 2.45) is 0 Å². The fraction of sp³-hybridized carbons (Fsp3) is 0.545. The van der Waals surface area contributed by atoms with E-state index in [2.05, 4.69) is 5.32 Å². The Morgan fingerprint density at radius 1 is 1.59 bits per heavy atom. The molecule has 1 heterocycles. The van der Waals surface area contributed by atoms with Gasteiger partial charge in [0, 0.05) is 4.88 Å². The molecule has 2 N–H and O–H groups in total. The lowest BCUT2D eigenvalue weighted by molar-refractivity contribution is 0.0493. The summed E-state index contributed by atoms with van der Waals surface area (Å²) in [5.74, 6) is 0. The van der Waals surface area contributed by atoms with E-state index in [9.17, 15) is 9.90 Å². The number of hydrogen-bond donors (Lipinski definition) is 2. The topological polar surface area (TPSA) is 58.6 Å². The number of rotatable bonds is 3. The molecule has 0 saturated carbocycles. The number of aliphatic hydroxyl groups excluding tert-OH is 1. The van der Waals surface area contributed by atoms with Crippen molar-refractivity contribution in [1.82, 2.24) is 5.32 Å². The maximum atomic E-state index is 11.3. The Morgan fingerprint density at radius 2 is 2.24 bits per heavy atom. The maximum Gasteiger partial charge on any atom is 0.407 e. The van der Waals surface area contributed by atoms with Crippen LogP contribution in [0.5, 0.6) is 0 Å². The highest BCUT2D eigenvalue weighted by Crippen LogP contribution is 2.26. The molecule has 0 bridgehead atoms. The van der Waals surface area contributed by atoms with E-state index in [1.165, 1.54) is 11.3 Å². The van der Waals surface area contributed by atoms with Gasteiger partial charge in [-0.1, -0.05) is 11.6 Å². The third kappa shape index (κ3) is 5.39. The monoisotopic (exact) mass is 277 g/mol. The van der Waals surface area contributed by atoms with Gasteiger partial charge in [-0.25, -0.2) is 4.79 Å². The van der Waals surface area contributed by atoms with Crippen LogP contribution in [0.1, 0.15) is 31.8 Å². The first-order valence-corrected chi connectivity index (χ1v) is 6.37. The standard InChI is InChI=1S/C11H16ClNO3S/c1-11(2,3)16-10(15)13-6-7(14)8-4-5-9(12)17-8/h4-5,7,14H,6H2,1-3H3,(H,13,15). The van der Waals surface area contributed by atoms with Crippen molar-refractivity contribution in [3.63, 3.8) is 0 Å². The number of alkyl carbamates (subject to hydrolysis) is 1. The van der Waals surface area contributed by atoms with Crippen LogP contribution >= 0.6 is 22.9 Å². The van der Waals surface area contributed by atoms with E-state index in [0.717, 1.165) is 0 Å². The Bertz CT molecular complexity index is 386.